The lowest BCUT2D eigenvalue weighted by Gasteiger charge is -2.43. The van der Waals surface area contributed by atoms with E-state index >= 15 is 0 Å². The van der Waals surface area contributed by atoms with Gasteiger partial charge in [-0.2, -0.15) is 0 Å². The zero-order valence-electron chi connectivity index (χ0n) is 18.0. The Balaban J connectivity index is 1.95. The minimum atomic E-state index is -0.153. The van der Waals surface area contributed by atoms with Gasteiger partial charge in [-0.25, -0.2) is 0 Å². The normalized spacial score (nSPS) is 21.4. The molecule has 0 saturated carbocycles. The van der Waals surface area contributed by atoms with Crippen molar-refractivity contribution in [2.45, 2.75) is 59.8 Å². The predicted molar refractivity (Wildman–Crippen MR) is 117 cm³/mol. The van der Waals surface area contributed by atoms with E-state index in [4.69, 9.17) is 0 Å². The van der Waals surface area contributed by atoms with Gasteiger partial charge in [-0.1, -0.05) is 61.9 Å². The van der Waals surface area contributed by atoms with E-state index in [0.717, 1.165) is 45.6 Å². The smallest absolute Gasteiger partial charge is 0.232 e. The molecule has 0 saturated heterocycles. The van der Waals surface area contributed by atoms with Crippen molar-refractivity contribution in [3.05, 3.63) is 76.0 Å². The van der Waals surface area contributed by atoms with Gasteiger partial charge < -0.3 is 0 Å². The Morgan fingerprint density at radius 2 is 1.59 bits per heavy atom. The highest BCUT2D eigenvalue weighted by molar-refractivity contribution is 6.08. The zero-order chi connectivity index (χ0) is 20.9. The number of para-hydroxylation sites is 1. The molecule has 2 aromatic rings. The van der Waals surface area contributed by atoms with Crippen LogP contribution in [0.1, 0.15) is 61.3 Å². The van der Waals surface area contributed by atoms with E-state index in [-0.39, 0.29) is 23.0 Å². The first-order chi connectivity index (χ1) is 13.7. The Kier molecular flexibility index (Phi) is 4.72. The van der Waals surface area contributed by atoms with E-state index in [1.165, 1.54) is 0 Å². The van der Waals surface area contributed by atoms with Gasteiger partial charge >= 0.3 is 0 Å². The molecule has 1 aliphatic heterocycles. The van der Waals surface area contributed by atoms with Crippen LogP contribution in [0, 0.1) is 26.2 Å². The average molecular weight is 388 g/mol. The predicted octanol–water partition coefficient (Wildman–Crippen LogP) is 5.78. The number of amides is 1. The van der Waals surface area contributed by atoms with Crippen molar-refractivity contribution in [1.82, 2.24) is 0 Å². The lowest BCUT2D eigenvalue weighted by atomic mass is 9.69. The molecule has 0 bridgehead atoms. The van der Waals surface area contributed by atoms with Gasteiger partial charge in [-0.15, -0.1) is 0 Å². The number of anilines is 1. The van der Waals surface area contributed by atoms with Crippen molar-refractivity contribution in [2.75, 3.05) is 4.90 Å². The number of benzene rings is 2. The third kappa shape index (κ3) is 3.43. The summed E-state index contributed by atoms with van der Waals surface area (Å²) in [5.41, 5.74) is 6.89. The van der Waals surface area contributed by atoms with E-state index in [2.05, 4.69) is 39.0 Å². The molecule has 0 fully saturated rings. The Morgan fingerprint density at radius 1 is 0.931 bits per heavy atom. The van der Waals surface area contributed by atoms with Crippen LogP contribution in [-0.4, -0.2) is 11.7 Å². The van der Waals surface area contributed by atoms with Crippen LogP contribution >= 0.6 is 0 Å². The highest BCUT2D eigenvalue weighted by atomic mass is 16.2. The number of Topliss-reactive ketones (excluding diaryl/α,β-unsaturated/α-hetero) is 1. The second-order valence-corrected chi connectivity index (χ2v) is 9.44. The van der Waals surface area contributed by atoms with Crippen molar-refractivity contribution in [3.8, 4) is 0 Å². The maximum absolute atomic E-state index is 13.5. The van der Waals surface area contributed by atoms with E-state index < -0.39 is 0 Å². The van der Waals surface area contributed by atoms with Crippen LogP contribution in [0.3, 0.4) is 0 Å². The van der Waals surface area contributed by atoms with Crippen molar-refractivity contribution in [1.29, 1.82) is 0 Å². The number of nitrogens with zero attached hydrogens (tertiary/aromatic N) is 1. The van der Waals surface area contributed by atoms with Crippen LogP contribution < -0.4 is 4.90 Å². The molecular formula is C26H29NO2. The third-order valence-electron chi connectivity index (χ3n) is 6.25. The Labute approximate surface area is 173 Å². The summed E-state index contributed by atoms with van der Waals surface area (Å²) in [7, 11) is 0. The van der Waals surface area contributed by atoms with Crippen molar-refractivity contribution in [2.24, 2.45) is 5.41 Å². The minimum absolute atomic E-state index is 0.0816. The molecule has 0 spiro atoms. The molecule has 1 amide bonds. The number of ketones is 1. The molecule has 3 heteroatoms. The average Bonchev–Trinajstić information content (AvgIpc) is 2.61. The number of rotatable bonds is 2. The van der Waals surface area contributed by atoms with Crippen LogP contribution in [0.2, 0.25) is 0 Å². The second-order valence-electron chi connectivity index (χ2n) is 9.44. The van der Waals surface area contributed by atoms with E-state index in [1.807, 2.05) is 43.0 Å². The summed E-state index contributed by atoms with van der Waals surface area (Å²) < 4.78 is 0. The van der Waals surface area contributed by atoms with Gasteiger partial charge in [0.2, 0.25) is 5.91 Å². The van der Waals surface area contributed by atoms with Crippen molar-refractivity contribution < 1.29 is 9.59 Å². The summed E-state index contributed by atoms with van der Waals surface area (Å²) in [6.45, 7) is 10.4. The summed E-state index contributed by atoms with van der Waals surface area (Å²) in [4.78, 5) is 28.8. The monoisotopic (exact) mass is 387 g/mol. The molecule has 0 radical (unpaired) electrons. The van der Waals surface area contributed by atoms with Crippen LogP contribution in [0.25, 0.3) is 0 Å². The first-order valence-corrected chi connectivity index (χ1v) is 10.4. The van der Waals surface area contributed by atoms with Crippen LogP contribution in [0.4, 0.5) is 5.69 Å². The summed E-state index contributed by atoms with van der Waals surface area (Å²) in [5, 5.41) is 0. The lowest BCUT2D eigenvalue weighted by Crippen LogP contribution is -2.44. The maximum Gasteiger partial charge on any atom is 0.232 e. The molecule has 2 aromatic carbocycles. The third-order valence-corrected chi connectivity index (χ3v) is 6.25. The van der Waals surface area contributed by atoms with Crippen LogP contribution in [0.15, 0.2) is 53.7 Å². The van der Waals surface area contributed by atoms with Crippen LogP contribution in [-0.2, 0) is 9.59 Å². The molecule has 2 aliphatic rings. The van der Waals surface area contributed by atoms with Crippen molar-refractivity contribution in [3.63, 3.8) is 0 Å². The summed E-state index contributed by atoms with van der Waals surface area (Å²) >= 11 is 0. The fourth-order valence-electron chi connectivity index (χ4n) is 5.00. The molecule has 0 N–H and O–H groups in total. The fourth-order valence-corrected chi connectivity index (χ4v) is 5.00. The number of carbonyl (C=O) groups is 2. The van der Waals surface area contributed by atoms with Gasteiger partial charge in [0.1, 0.15) is 0 Å². The summed E-state index contributed by atoms with van der Waals surface area (Å²) in [5.74, 6) is 0.117. The SMILES string of the molecule is Cc1cccc(C2CC(=O)N(c3c(C)cccc3C)C3=C2C(=O)CC(C)(C)C3)c1. The summed E-state index contributed by atoms with van der Waals surface area (Å²) in [6.07, 6.45) is 1.60. The van der Waals surface area contributed by atoms with Gasteiger partial charge in [0.15, 0.2) is 5.78 Å². The minimum Gasteiger partial charge on any atom is -0.294 e. The van der Waals surface area contributed by atoms with Gasteiger partial charge in [0.05, 0.1) is 5.69 Å². The number of aryl methyl sites for hydroxylation is 3. The molecule has 1 heterocycles. The molecular weight excluding hydrogens is 358 g/mol. The van der Waals surface area contributed by atoms with Gasteiger partial charge in [0, 0.05) is 30.0 Å². The number of carbonyl (C=O) groups excluding carboxylic acids is 2. The number of hydrogen-bond acceptors (Lipinski definition) is 2. The van der Waals surface area contributed by atoms with Gasteiger partial charge in [-0.3, -0.25) is 14.5 Å². The molecule has 1 unspecified atom stereocenters. The van der Waals surface area contributed by atoms with Gasteiger partial charge in [-0.05, 0) is 49.3 Å². The topological polar surface area (TPSA) is 37.4 Å². The highest BCUT2D eigenvalue weighted by Crippen LogP contribution is 2.49. The van der Waals surface area contributed by atoms with E-state index in [0.29, 0.717) is 12.8 Å². The largest absolute Gasteiger partial charge is 0.294 e. The first kappa shape index (κ1) is 19.6. The molecule has 4 rings (SSSR count). The molecule has 150 valence electrons. The van der Waals surface area contributed by atoms with Crippen molar-refractivity contribution >= 4 is 17.4 Å². The molecule has 1 atom stereocenters. The van der Waals surface area contributed by atoms with E-state index in [1.54, 1.807) is 0 Å². The number of allylic oxidation sites excluding steroid dienone is 2. The molecule has 29 heavy (non-hydrogen) atoms. The van der Waals surface area contributed by atoms with Crippen LogP contribution in [0.5, 0.6) is 0 Å². The lowest BCUT2D eigenvalue weighted by molar-refractivity contribution is -0.121. The Morgan fingerprint density at radius 3 is 2.24 bits per heavy atom. The molecule has 3 nitrogen and oxygen atoms in total. The molecule has 0 aromatic heterocycles. The standard InChI is InChI=1S/C26H29NO2/c1-16-8-6-11-19(12-16)20-13-23(29)27(25-17(2)9-7-10-18(25)3)21-14-26(4,5)15-22(28)24(20)21/h6-12,20H,13-15H2,1-5H3. The van der Waals surface area contributed by atoms with E-state index in [9.17, 15) is 9.59 Å². The fraction of sp³-hybridized carbons (Fsp3) is 0.385. The summed E-state index contributed by atoms with van der Waals surface area (Å²) in [6, 6.07) is 14.3. The Hall–Kier alpha value is -2.68. The first-order valence-electron chi connectivity index (χ1n) is 10.4. The quantitative estimate of drug-likeness (QED) is 0.655. The zero-order valence-corrected chi connectivity index (χ0v) is 18.0. The second kappa shape index (κ2) is 6.98. The van der Waals surface area contributed by atoms with Gasteiger partial charge in [0.25, 0.3) is 0 Å². The molecule has 1 aliphatic carbocycles. The Bertz CT molecular complexity index is 1020. The maximum atomic E-state index is 13.5. The number of hydrogen-bond donors (Lipinski definition) is 0. The highest BCUT2D eigenvalue weighted by Gasteiger charge is 2.44.